The van der Waals surface area contributed by atoms with Gasteiger partial charge in [-0.05, 0) is 29.7 Å². The zero-order chi connectivity index (χ0) is 14.7. The molecule has 0 aliphatic rings. The molecule has 3 rings (SSSR count). The van der Waals surface area contributed by atoms with Gasteiger partial charge in [0.25, 0.3) is 0 Å². The monoisotopic (exact) mass is 296 g/mol. The van der Waals surface area contributed by atoms with Gasteiger partial charge in [-0.1, -0.05) is 38.1 Å². The minimum Gasteiger partial charge on any atom is -0.312 e. The second-order valence-electron chi connectivity index (χ2n) is 5.53. The topological polar surface area (TPSA) is 37.8 Å². The highest BCUT2D eigenvalue weighted by Gasteiger charge is 2.05. The van der Waals surface area contributed by atoms with Crippen LogP contribution in [0.3, 0.4) is 0 Å². The van der Waals surface area contributed by atoms with Crippen molar-refractivity contribution in [3.63, 3.8) is 0 Å². The van der Waals surface area contributed by atoms with E-state index in [-0.39, 0.29) is 0 Å². The Kier molecular flexibility index (Phi) is 4.27. The second kappa shape index (κ2) is 6.33. The summed E-state index contributed by atoms with van der Waals surface area (Å²) in [6.45, 7) is 6.41. The molecule has 1 radical (unpaired) electrons. The van der Waals surface area contributed by atoms with E-state index >= 15 is 0 Å². The Morgan fingerprint density at radius 1 is 1.24 bits per heavy atom. The molecule has 0 aliphatic heterocycles. The van der Waals surface area contributed by atoms with Crippen molar-refractivity contribution < 1.29 is 0 Å². The maximum Gasteiger partial charge on any atom is 0.116 e. The van der Waals surface area contributed by atoms with Gasteiger partial charge in [-0.3, -0.25) is 0 Å². The quantitative estimate of drug-likeness (QED) is 0.776. The van der Waals surface area contributed by atoms with Gasteiger partial charge in [0, 0.05) is 11.4 Å². The Balaban J connectivity index is 1.74. The maximum absolute atomic E-state index is 4.26. The highest BCUT2D eigenvalue weighted by Crippen LogP contribution is 2.31. The van der Waals surface area contributed by atoms with Crippen molar-refractivity contribution in [1.29, 1.82) is 0 Å². The summed E-state index contributed by atoms with van der Waals surface area (Å²) in [5.41, 5.74) is 3.50. The first-order valence-corrected chi connectivity index (χ1v) is 7.96. The predicted molar refractivity (Wildman–Crippen MR) is 88.2 cm³/mol. The molecule has 1 N–H and O–H groups in total. The molecule has 1 aromatic carbocycles. The van der Waals surface area contributed by atoms with Gasteiger partial charge in [0.05, 0.1) is 10.2 Å². The fourth-order valence-corrected chi connectivity index (χ4v) is 3.13. The Morgan fingerprint density at radius 2 is 2.05 bits per heavy atom. The molecule has 2 heterocycles. The number of rotatable bonds is 5. The lowest BCUT2D eigenvalue weighted by Gasteiger charge is -2.07. The third kappa shape index (κ3) is 3.46. The maximum atomic E-state index is 4.26. The number of aromatic nitrogens is 2. The first kappa shape index (κ1) is 14.2. The number of hydrogen-bond donors (Lipinski definition) is 1. The lowest BCUT2D eigenvalue weighted by atomic mass is 10.1. The number of benzene rings is 1. The van der Waals surface area contributed by atoms with Crippen molar-refractivity contribution >= 4 is 21.6 Å². The number of nitrogens with zero attached hydrogens (tertiary/aromatic N) is 2. The summed E-state index contributed by atoms with van der Waals surface area (Å²) in [5, 5.41) is 3.46. The SMILES string of the molecule is CC(C)CNCc1ccc(-c2cc3ncn[c]c3s2)cc1. The van der Waals surface area contributed by atoms with Crippen molar-refractivity contribution in [3.8, 4) is 10.4 Å². The van der Waals surface area contributed by atoms with Crippen molar-refractivity contribution in [2.24, 2.45) is 5.92 Å². The van der Waals surface area contributed by atoms with Crippen LogP contribution in [0.25, 0.3) is 20.7 Å². The van der Waals surface area contributed by atoms with Gasteiger partial charge in [0.2, 0.25) is 0 Å². The second-order valence-corrected chi connectivity index (χ2v) is 6.58. The lowest BCUT2D eigenvalue weighted by Crippen LogP contribution is -2.18. The average Bonchev–Trinajstić information content (AvgIpc) is 2.91. The molecule has 4 heteroatoms. The lowest BCUT2D eigenvalue weighted by molar-refractivity contribution is 0.552. The van der Waals surface area contributed by atoms with Crippen LogP contribution >= 0.6 is 11.3 Å². The van der Waals surface area contributed by atoms with Crippen LogP contribution in [0.4, 0.5) is 0 Å². The Labute approximate surface area is 129 Å². The van der Waals surface area contributed by atoms with E-state index in [0.29, 0.717) is 5.92 Å². The van der Waals surface area contributed by atoms with E-state index in [9.17, 15) is 0 Å². The molecule has 0 amide bonds. The van der Waals surface area contributed by atoms with Crippen molar-refractivity contribution in [2.45, 2.75) is 20.4 Å². The fourth-order valence-electron chi connectivity index (χ4n) is 2.17. The Bertz CT molecular complexity index is 683. The Morgan fingerprint density at radius 3 is 2.76 bits per heavy atom. The molecule has 3 nitrogen and oxygen atoms in total. The van der Waals surface area contributed by atoms with Crippen molar-refractivity contribution in [1.82, 2.24) is 15.3 Å². The van der Waals surface area contributed by atoms with E-state index in [1.165, 1.54) is 16.0 Å². The van der Waals surface area contributed by atoms with Crippen LogP contribution < -0.4 is 5.32 Å². The van der Waals surface area contributed by atoms with E-state index in [2.05, 4.69) is 65.7 Å². The van der Waals surface area contributed by atoms with Gasteiger partial charge in [0.15, 0.2) is 0 Å². The molecule has 0 unspecified atom stereocenters. The van der Waals surface area contributed by atoms with Crippen LogP contribution in [-0.4, -0.2) is 16.5 Å². The highest BCUT2D eigenvalue weighted by molar-refractivity contribution is 7.22. The molecule has 0 atom stereocenters. The van der Waals surface area contributed by atoms with Gasteiger partial charge < -0.3 is 5.32 Å². The van der Waals surface area contributed by atoms with Crippen molar-refractivity contribution in [3.05, 3.63) is 48.4 Å². The summed E-state index contributed by atoms with van der Waals surface area (Å²) < 4.78 is 1.01. The zero-order valence-corrected chi connectivity index (χ0v) is 13.1. The molecular weight excluding hydrogens is 278 g/mol. The summed E-state index contributed by atoms with van der Waals surface area (Å²) in [4.78, 5) is 9.42. The van der Waals surface area contributed by atoms with Crippen LogP contribution in [-0.2, 0) is 6.54 Å². The average molecular weight is 296 g/mol. The van der Waals surface area contributed by atoms with Crippen LogP contribution in [0.5, 0.6) is 0 Å². The normalized spacial score (nSPS) is 11.4. The third-order valence-electron chi connectivity index (χ3n) is 3.25. The number of hydrogen-bond acceptors (Lipinski definition) is 4. The van der Waals surface area contributed by atoms with Crippen LogP contribution in [0.1, 0.15) is 19.4 Å². The third-order valence-corrected chi connectivity index (χ3v) is 4.33. The summed E-state index contributed by atoms with van der Waals surface area (Å²) in [6, 6.07) is 10.8. The molecular formula is C17H18N3S. The molecule has 21 heavy (non-hydrogen) atoms. The van der Waals surface area contributed by atoms with E-state index in [1.807, 2.05) is 0 Å². The number of fused-ring (bicyclic) bond motifs is 1. The fraction of sp³-hybridized carbons (Fsp3) is 0.294. The standard InChI is InChI=1S/C17H18N3S/c1-12(2)8-18-9-13-3-5-14(6-4-13)16-7-15-17(21-16)10-19-11-20-15/h3-7,11-12,18H,8-9H2,1-2H3. The predicted octanol–water partition coefficient (Wildman–Crippen LogP) is 3.90. The molecule has 0 spiro atoms. The molecule has 0 aliphatic carbocycles. The molecule has 3 aromatic rings. The van der Waals surface area contributed by atoms with Crippen LogP contribution in [0.15, 0.2) is 36.7 Å². The highest BCUT2D eigenvalue weighted by atomic mass is 32.1. The van der Waals surface area contributed by atoms with Gasteiger partial charge in [-0.15, -0.1) is 11.3 Å². The van der Waals surface area contributed by atoms with E-state index in [4.69, 9.17) is 0 Å². The van der Waals surface area contributed by atoms with E-state index < -0.39 is 0 Å². The largest absolute Gasteiger partial charge is 0.312 e. The van der Waals surface area contributed by atoms with E-state index in [0.717, 1.165) is 23.3 Å². The number of nitrogens with one attached hydrogen (secondary N) is 1. The minimum atomic E-state index is 0.681. The molecule has 2 aromatic heterocycles. The van der Waals surface area contributed by atoms with Crippen LogP contribution in [0, 0.1) is 12.1 Å². The smallest absolute Gasteiger partial charge is 0.116 e. The summed E-state index contributed by atoms with van der Waals surface area (Å²) in [5.74, 6) is 0.681. The molecule has 0 saturated heterocycles. The first-order chi connectivity index (χ1) is 10.2. The Hall–Kier alpha value is -1.78. The van der Waals surface area contributed by atoms with Crippen LogP contribution in [0.2, 0.25) is 0 Å². The van der Waals surface area contributed by atoms with E-state index in [1.54, 1.807) is 17.7 Å². The molecule has 107 valence electrons. The zero-order valence-electron chi connectivity index (χ0n) is 12.3. The molecule has 0 saturated carbocycles. The van der Waals surface area contributed by atoms with Gasteiger partial charge in [-0.25, -0.2) is 9.97 Å². The number of thiophene rings is 1. The van der Waals surface area contributed by atoms with Gasteiger partial charge >= 0.3 is 0 Å². The minimum absolute atomic E-state index is 0.681. The molecule has 0 fully saturated rings. The summed E-state index contributed by atoms with van der Waals surface area (Å²) in [6.07, 6.45) is 4.53. The summed E-state index contributed by atoms with van der Waals surface area (Å²) in [7, 11) is 0. The van der Waals surface area contributed by atoms with Crippen molar-refractivity contribution in [2.75, 3.05) is 6.54 Å². The van der Waals surface area contributed by atoms with Gasteiger partial charge in [-0.2, -0.15) is 0 Å². The first-order valence-electron chi connectivity index (χ1n) is 7.14. The molecule has 0 bridgehead atoms. The van der Waals surface area contributed by atoms with Gasteiger partial charge in [0.1, 0.15) is 12.5 Å². The summed E-state index contributed by atoms with van der Waals surface area (Å²) >= 11 is 1.68.